The zero-order valence-electron chi connectivity index (χ0n) is 23.7. The van der Waals surface area contributed by atoms with Gasteiger partial charge < -0.3 is 4.74 Å². The van der Waals surface area contributed by atoms with Gasteiger partial charge in [0.1, 0.15) is 6.10 Å². The second-order valence-corrected chi connectivity index (χ2v) is 10.6. The van der Waals surface area contributed by atoms with Crippen LogP contribution >= 0.6 is 0 Å². The number of rotatable bonds is 14. The molecule has 3 atom stereocenters. The van der Waals surface area contributed by atoms with Crippen molar-refractivity contribution >= 4 is 23.8 Å². The van der Waals surface area contributed by atoms with Crippen LogP contribution in [0.2, 0.25) is 0 Å². The maximum Gasteiger partial charge on any atom is 0.269 e. The average Bonchev–Trinajstić information content (AvgIpc) is 2.92. The second-order valence-electron chi connectivity index (χ2n) is 10.6. The first-order valence-corrected chi connectivity index (χ1v) is 13.5. The van der Waals surface area contributed by atoms with Crippen molar-refractivity contribution in [3.8, 4) is 0 Å². The molecule has 0 aliphatic heterocycles. The Balaban J connectivity index is 2.21. The lowest BCUT2D eigenvalue weighted by molar-refractivity contribution is -0.154. The highest BCUT2D eigenvalue weighted by atomic mass is 16.5. The Morgan fingerprint density at radius 1 is 0.872 bits per heavy atom. The molecule has 0 saturated carbocycles. The molecule has 3 N–H and O–H groups in total. The van der Waals surface area contributed by atoms with Gasteiger partial charge in [0.25, 0.3) is 5.91 Å². The molecule has 8 nitrogen and oxygen atoms in total. The first-order valence-electron chi connectivity index (χ1n) is 13.5. The third-order valence-corrected chi connectivity index (χ3v) is 6.24. The van der Waals surface area contributed by atoms with Gasteiger partial charge in [0.05, 0.1) is 18.4 Å². The highest BCUT2D eigenvalue weighted by molar-refractivity contribution is 5.89. The number of carbonyl (C=O) groups is 3. The van der Waals surface area contributed by atoms with Crippen LogP contribution in [0.25, 0.3) is 6.08 Å². The fraction of sp³-hybridized carbons (Fsp3) is 0.452. The van der Waals surface area contributed by atoms with Crippen LogP contribution in [0, 0.1) is 23.7 Å². The van der Waals surface area contributed by atoms with Crippen molar-refractivity contribution in [2.45, 2.75) is 60.2 Å². The molecule has 0 bridgehead atoms. The topological polar surface area (TPSA) is 108 Å². The van der Waals surface area contributed by atoms with Crippen molar-refractivity contribution in [2.24, 2.45) is 23.7 Å². The molecule has 212 valence electrons. The summed E-state index contributed by atoms with van der Waals surface area (Å²) in [5, 5.41) is 10.8. The Kier molecular flexibility index (Phi) is 13.4. The molecule has 2 aromatic rings. The zero-order chi connectivity index (χ0) is 28.8. The van der Waals surface area contributed by atoms with Crippen molar-refractivity contribution < 1.29 is 24.3 Å². The minimum Gasteiger partial charge on any atom is -0.364 e. The largest absolute Gasteiger partial charge is 0.364 e. The molecule has 0 aliphatic carbocycles. The van der Waals surface area contributed by atoms with Gasteiger partial charge in [-0.25, -0.2) is 5.48 Å². The van der Waals surface area contributed by atoms with E-state index in [0.29, 0.717) is 6.42 Å². The van der Waals surface area contributed by atoms with Crippen LogP contribution in [-0.2, 0) is 25.7 Å². The minimum absolute atomic E-state index is 0.0736. The van der Waals surface area contributed by atoms with Crippen molar-refractivity contribution in [3.05, 3.63) is 77.9 Å². The van der Waals surface area contributed by atoms with Crippen molar-refractivity contribution in [2.75, 3.05) is 6.54 Å². The SMILES string of the molecule is CC(C)C[C@@H](C(=O)NN(CC(C)C)C(=O)[C@@H](C)OCc1ccccc1)[C@H](C/C=C/c1ccccc1)C(=O)NO. The minimum atomic E-state index is -0.833. The first-order chi connectivity index (χ1) is 18.6. The predicted octanol–water partition coefficient (Wildman–Crippen LogP) is 4.99. The van der Waals surface area contributed by atoms with E-state index in [-0.39, 0.29) is 37.3 Å². The number of hydroxylamine groups is 1. The third kappa shape index (κ3) is 11.0. The molecule has 8 heteroatoms. The summed E-state index contributed by atoms with van der Waals surface area (Å²) in [4.78, 5) is 39.7. The molecule has 0 spiro atoms. The van der Waals surface area contributed by atoms with Gasteiger partial charge in [-0.3, -0.25) is 30.0 Å². The number of amides is 3. The number of nitrogens with zero attached hydrogens (tertiary/aromatic N) is 1. The number of allylic oxidation sites excluding steroid dienone is 1. The predicted molar refractivity (Wildman–Crippen MR) is 152 cm³/mol. The van der Waals surface area contributed by atoms with Gasteiger partial charge in [-0.05, 0) is 42.7 Å². The Hall–Kier alpha value is -3.49. The van der Waals surface area contributed by atoms with E-state index in [2.05, 4.69) is 5.43 Å². The third-order valence-electron chi connectivity index (χ3n) is 6.24. The fourth-order valence-electron chi connectivity index (χ4n) is 4.27. The van der Waals surface area contributed by atoms with E-state index < -0.39 is 29.8 Å². The van der Waals surface area contributed by atoms with Gasteiger partial charge in [-0.1, -0.05) is 101 Å². The summed E-state index contributed by atoms with van der Waals surface area (Å²) in [7, 11) is 0. The zero-order valence-corrected chi connectivity index (χ0v) is 23.7. The maximum atomic E-state index is 13.6. The molecule has 0 aliphatic rings. The van der Waals surface area contributed by atoms with Crippen LogP contribution in [0.5, 0.6) is 0 Å². The second kappa shape index (κ2) is 16.5. The van der Waals surface area contributed by atoms with Crippen LogP contribution in [-0.4, -0.2) is 40.6 Å². The molecule has 0 unspecified atom stereocenters. The molecule has 0 saturated heterocycles. The summed E-state index contributed by atoms with van der Waals surface area (Å²) < 4.78 is 5.81. The molecule has 2 aromatic carbocycles. The molecule has 39 heavy (non-hydrogen) atoms. The van der Waals surface area contributed by atoms with Gasteiger partial charge >= 0.3 is 0 Å². The molecule has 0 radical (unpaired) electrons. The molecule has 3 amide bonds. The van der Waals surface area contributed by atoms with Gasteiger partial charge in [-0.2, -0.15) is 0 Å². The van der Waals surface area contributed by atoms with Gasteiger partial charge in [0, 0.05) is 6.54 Å². The standard InChI is InChI=1S/C31H43N3O5/c1-22(2)19-28(27(30(36)33-38)18-12-17-25-13-8-6-9-14-25)29(35)32-34(20-23(3)4)31(37)24(5)39-21-26-15-10-7-11-16-26/h6-17,22-24,27-28,38H,18-21H2,1-5H3,(H,32,35)(H,33,36)/b17-12+/t24-,27+,28-/m1/s1. The Bertz CT molecular complexity index is 1060. The summed E-state index contributed by atoms with van der Waals surface area (Å²) in [6.45, 7) is 10.0. The van der Waals surface area contributed by atoms with E-state index in [0.717, 1.165) is 11.1 Å². The van der Waals surface area contributed by atoms with Crippen LogP contribution in [0.4, 0.5) is 0 Å². The van der Waals surface area contributed by atoms with Crippen LogP contribution in [0.1, 0.15) is 58.6 Å². The van der Waals surface area contributed by atoms with E-state index in [1.807, 2.05) is 101 Å². The fourth-order valence-corrected chi connectivity index (χ4v) is 4.27. The van der Waals surface area contributed by atoms with Crippen molar-refractivity contribution in [1.29, 1.82) is 0 Å². The van der Waals surface area contributed by atoms with Crippen molar-refractivity contribution in [3.63, 3.8) is 0 Å². The molecule has 0 aromatic heterocycles. The van der Waals surface area contributed by atoms with Crippen LogP contribution < -0.4 is 10.9 Å². The Morgan fingerprint density at radius 2 is 1.49 bits per heavy atom. The van der Waals surface area contributed by atoms with E-state index in [9.17, 15) is 19.6 Å². The van der Waals surface area contributed by atoms with Crippen molar-refractivity contribution in [1.82, 2.24) is 15.9 Å². The van der Waals surface area contributed by atoms with Crippen LogP contribution in [0.3, 0.4) is 0 Å². The number of hydrogen-bond donors (Lipinski definition) is 3. The quantitative estimate of drug-likeness (QED) is 0.232. The summed E-state index contributed by atoms with van der Waals surface area (Å²) in [6.07, 6.45) is 3.54. The maximum absolute atomic E-state index is 13.6. The van der Waals surface area contributed by atoms with E-state index >= 15 is 0 Å². The number of nitrogens with one attached hydrogen (secondary N) is 2. The summed E-state index contributed by atoms with van der Waals surface area (Å²) >= 11 is 0. The summed E-state index contributed by atoms with van der Waals surface area (Å²) in [5.74, 6) is -2.91. The average molecular weight is 538 g/mol. The number of benzene rings is 2. The van der Waals surface area contributed by atoms with E-state index in [1.165, 1.54) is 5.01 Å². The lowest BCUT2D eigenvalue weighted by Crippen LogP contribution is -2.54. The molecule has 2 rings (SSSR count). The van der Waals surface area contributed by atoms with Gasteiger partial charge in [0.15, 0.2) is 0 Å². The van der Waals surface area contributed by atoms with Crippen LogP contribution in [0.15, 0.2) is 66.7 Å². The monoisotopic (exact) mass is 537 g/mol. The smallest absolute Gasteiger partial charge is 0.269 e. The van der Waals surface area contributed by atoms with Gasteiger partial charge in [-0.15, -0.1) is 0 Å². The normalized spacial score (nSPS) is 13.7. The van der Waals surface area contributed by atoms with Gasteiger partial charge in [0.2, 0.25) is 11.8 Å². The number of hydrazine groups is 1. The summed E-state index contributed by atoms with van der Waals surface area (Å²) in [6, 6.07) is 19.2. The lowest BCUT2D eigenvalue weighted by atomic mass is 9.82. The highest BCUT2D eigenvalue weighted by Crippen LogP contribution is 2.26. The molecular formula is C31H43N3O5. The Labute approximate surface area is 232 Å². The number of carbonyl (C=O) groups excluding carboxylic acids is 3. The molecular weight excluding hydrogens is 494 g/mol. The van der Waals surface area contributed by atoms with E-state index in [1.54, 1.807) is 12.4 Å². The van der Waals surface area contributed by atoms with E-state index in [4.69, 9.17) is 4.74 Å². The number of hydrogen-bond acceptors (Lipinski definition) is 5. The molecule has 0 heterocycles. The lowest BCUT2D eigenvalue weighted by Gasteiger charge is -2.31. The number of ether oxygens (including phenoxy) is 1. The Morgan fingerprint density at radius 3 is 2.05 bits per heavy atom. The first kappa shape index (κ1) is 31.7. The summed E-state index contributed by atoms with van der Waals surface area (Å²) in [5.41, 5.74) is 6.41. The molecule has 0 fully saturated rings. The highest BCUT2D eigenvalue weighted by Gasteiger charge is 2.35.